The summed E-state index contributed by atoms with van der Waals surface area (Å²) in [4.78, 5) is 14.9. The predicted octanol–water partition coefficient (Wildman–Crippen LogP) is 3.25. The van der Waals surface area contributed by atoms with Gasteiger partial charge >= 0.3 is 0 Å². The van der Waals surface area contributed by atoms with E-state index in [9.17, 15) is 4.79 Å². The molecule has 0 aromatic heterocycles. The first-order valence-corrected chi connectivity index (χ1v) is 7.79. The van der Waals surface area contributed by atoms with E-state index in [1.165, 1.54) is 0 Å². The highest BCUT2D eigenvalue weighted by Gasteiger charge is 2.26. The van der Waals surface area contributed by atoms with Gasteiger partial charge in [0.1, 0.15) is 0 Å². The summed E-state index contributed by atoms with van der Waals surface area (Å²) in [6, 6.07) is 5.90. The van der Waals surface area contributed by atoms with Crippen LogP contribution < -0.4 is 5.32 Å². The Bertz CT molecular complexity index is 470. The monoisotopic (exact) mass is 294 g/mol. The van der Waals surface area contributed by atoms with Crippen molar-refractivity contribution >= 4 is 17.5 Å². The van der Waals surface area contributed by atoms with Crippen LogP contribution in [0, 0.1) is 6.92 Å². The number of nitrogens with zero attached hydrogens (tertiary/aromatic N) is 1. The van der Waals surface area contributed by atoms with Crippen LogP contribution in [-0.2, 0) is 0 Å². The molecule has 3 nitrogen and oxygen atoms in total. The van der Waals surface area contributed by atoms with Crippen molar-refractivity contribution in [1.82, 2.24) is 10.2 Å². The van der Waals surface area contributed by atoms with Crippen molar-refractivity contribution in [3.05, 3.63) is 34.3 Å². The van der Waals surface area contributed by atoms with Crippen molar-refractivity contribution in [3.8, 4) is 0 Å². The van der Waals surface area contributed by atoms with Gasteiger partial charge in [-0.15, -0.1) is 0 Å². The maximum Gasteiger partial charge on any atom is 0.254 e. The zero-order chi connectivity index (χ0) is 14.5. The van der Waals surface area contributed by atoms with Crippen LogP contribution in [0.4, 0.5) is 0 Å². The zero-order valence-corrected chi connectivity index (χ0v) is 13.0. The molecule has 1 heterocycles. The molecule has 1 aliphatic heterocycles. The highest BCUT2D eigenvalue weighted by atomic mass is 35.5. The van der Waals surface area contributed by atoms with E-state index < -0.39 is 0 Å². The van der Waals surface area contributed by atoms with Crippen LogP contribution in [0.15, 0.2) is 18.2 Å². The maximum absolute atomic E-state index is 12.9. The van der Waals surface area contributed by atoms with Crippen molar-refractivity contribution in [2.45, 2.75) is 39.2 Å². The van der Waals surface area contributed by atoms with Crippen molar-refractivity contribution in [2.24, 2.45) is 0 Å². The van der Waals surface area contributed by atoms with Crippen LogP contribution in [0.3, 0.4) is 0 Å². The van der Waals surface area contributed by atoms with E-state index in [1.807, 2.05) is 24.0 Å². The topological polar surface area (TPSA) is 32.3 Å². The summed E-state index contributed by atoms with van der Waals surface area (Å²) in [5.74, 6) is 0.124. The van der Waals surface area contributed by atoms with Gasteiger partial charge in [0.05, 0.1) is 0 Å². The van der Waals surface area contributed by atoms with Gasteiger partial charge in [-0.3, -0.25) is 4.79 Å². The van der Waals surface area contributed by atoms with Crippen LogP contribution in [-0.4, -0.2) is 36.5 Å². The van der Waals surface area contributed by atoms with Gasteiger partial charge in [-0.2, -0.15) is 0 Å². The van der Waals surface area contributed by atoms with Gasteiger partial charge in [0, 0.05) is 23.2 Å². The van der Waals surface area contributed by atoms with E-state index in [-0.39, 0.29) is 5.91 Å². The molecular formula is C16H23ClN2O. The van der Waals surface area contributed by atoms with Crippen LogP contribution in [0.2, 0.25) is 5.02 Å². The molecule has 0 aliphatic carbocycles. The number of carbonyl (C=O) groups is 1. The highest BCUT2D eigenvalue weighted by molar-refractivity contribution is 6.31. The van der Waals surface area contributed by atoms with Gasteiger partial charge in [0.2, 0.25) is 0 Å². The first-order chi connectivity index (χ1) is 9.63. The van der Waals surface area contributed by atoms with Gasteiger partial charge in [-0.1, -0.05) is 24.6 Å². The average Bonchev–Trinajstić information content (AvgIpc) is 2.47. The molecule has 1 saturated heterocycles. The molecule has 1 amide bonds. The summed E-state index contributed by atoms with van der Waals surface area (Å²) in [5.41, 5.74) is 1.74. The number of amides is 1. The smallest absolute Gasteiger partial charge is 0.254 e. The van der Waals surface area contributed by atoms with Gasteiger partial charge < -0.3 is 10.2 Å². The van der Waals surface area contributed by atoms with Gasteiger partial charge in [-0.05, 0) is 57.0 Å². The van der Waals surface area contributed by atoms with Crippen molar-refractivity contribution < 1.29 is 4.79 Å². The fraction of sp³-hybridized carbons (Fsp3) is 0.562. The Labute approximate surface area is 126 Å². The van der Waals surface area contributed by atoms with Gasteiger partial charge in [0.25, 0.3) is 5.91 Å². The third-order valence-corrected chi connectivity index (χ3v) is 4.14. The first-order valence-electron chi connectivity index (χ1n) is 7.41. The number of carbonyl (C=O) groups excluding carboxylic acids is 1. The fourth-order valence-electron chi connectivity index (χ4n) is 2.79. The summed E-state index contributed by atoms with van der Waals surface area (Å²) < 4.78 is 0. The van der Waals surface area contributed by atoms with E-state index in [0.717, 1.165) is 50.0 Å². The summed E-state index contributed by atoms with van der Waals surface area (Å²) in [7, 11) is 0. The van der Waals surface area contributed by atoms with Crippen LogP contribution >= 0.6 is 11.6 Å². The number of piperidine rings is 1. The summed E-state index contributed by atoms with van der Waals surface area (Å²) in [6.45, 7) is 6.89. The number of aryl methyl sites for hydroxylation is 1. The number of benzene rings is 1. The number of nitrogens with one attached hydrogen (secondary N) is 1. The van der Waals surface area contributed by atoms with Crippen molar-refractivity contribution in [1.29, 1.82) is 0 Å². The molecule has 0 radical (unpaired) electrons. The minimum Gasteiger partial charge on any atom is -0.336 e. The Morgan fingerprint density at radius 3 is 2.75 bits per heavy atom. The summed E-state index contributed by atoms with van der Waals surface area (Å²) in [5, 5.41) is 3.98. The number of hydrogen-bond donors (Lipinski definition) is 1. The van der Waals surface area contributed by atoms with Crippen LogP contribution in [0.5, 0.6) is 0 Å². The fourth-order valence-corrected chi connectivity index (χ4v) is 2.96. The Balaban J connectivity index is 2.23. The minimum absolute atomic E-state index is 0.124. The molecule has 0 bridgehead atoms. The second-order valence-corrected chi connectivity index (χ2v) is 5.88. The van der Waals surface area contributed by atoms with E-state index in [1.54, 1.807) is 6.07 Å². The van der Waals surface area contributed by atoms with Crippen LogP contribution in [0.25, 0.3) is 0 Å². The largest absolute Gasteiger partial charge is 0.336 e. The average molecular weight is 295 g/mol. The number of hydrogen-bond acceptors (Lipinski definition) is 2. The molecule has 1 fully saturated rings. The van der Waals surface area contributed by atoms with Gasteiger partial charge in [-0.25, -0.2) is 0 Å². The lowest BCUT2D eigenvalue weighted by Crippen LogP contribution is -2.46. The van der Waals surface area contributed by atoms with Crippen LogP contribution in [0.1, 0.15) is 42.1 Å². The molecule has 0 saturated carbocycles. The third-order valence-electron chi connectivity index (χ3n) is 3.90. The maximum atomic E-state index is 12.9. The van der Waals surface area contributed by atoms with E-state index >= 15 is 0 Å². The van der Waals surface area contributed by atoms with E-state index in [4.69, 9.17) is 11.6 Å². The molecule has 1 aliphatic rings. The molecule has 20 heavy (non-hydrogen) atoms. The SMILES string of the molecule is CCCN(C(=O)c1cc(Cl)ccc1C)C1CCNCC1. The Kier molecular flexibility index (Phi) is 5.44. The normalized spacial score (nSPS) is 16.1. The Morgan fingerprint density at radius 1 is 1.40 bits per heavy atom. The summed E-state index contributed by atoms with van der Waals surface area (Å²) >= 11 is 6.05. The molecule has 1 aromatic rings. The molecule has 1 aromatic carbocycles. The number of rotatable bonds is 4. The lowest BCUT2D eigenvalue weighted by atomic mass is 10.0. The molecule has 0 spiro atoms. The zero-order valence-electron chi connectivity index (χ0n) is 12.3. The molecule has 110 valence electrons. The molecule has 2 rings (SSSR count). The second-order valence-electron chi connectivity index (χ2n) is 5.44. The minimum atomic E-state index is 0.124. The lowest BCUT2D eigenvalue weighted by Gasteiger charge is -2.35. The van der Waals surface area contributed by atoms with E-state index in [2.05, 4.69) is 12.2 Å². The Morgan fingerprint density at radius 2 is 2.10 bits per heavy atom. The predicted molar refractivity (Wildman–Crippen MR) is 83.4 cm³/mol. The quantitative estimate of drug-likeness (QED) is 0.924. The van der Waals surface area contributed by atoms with E-state index in [0.29, 0.717) is 11.1 Å². The molecule has 4 heteroatoms. The number of halogens is 1. The standard InChI is InChI=1S/C16H23ClN2O/c1-3-10-19(14-6-8-18-9-7-14)16(20)15-11-13(17)5-4-12(15)2/h4-5,11,14,18H,3,6-10H2,1-2H3. The van der Waals surface area contributed by atoms with Gasteiger partial charge in [0.15, 0.2) is 0 Å². The highest BCUT2D eigenvalue weighted by Crippen LogP contribution is 2.21. The molecule has 1 N–H and O–H groups in total. The molecular weight excluding hydrogens is 272 g/mol. The third kappa shape index (κ3) is 3.53. The lowest BCUT2D eigenvalue weighted by molar-refractivity contribution is 0.0642. The van der Waals surface area contributed by atoms with Crippen molar-refractivity contribution in [3.63, 3.8) is 0 Å². The Hall–Kier alpha value is -1.06. The summed E-state index contributed by atoms with van der Waals surface area (Å²) in [6.07, 6.45) is 3.05. The van der Waals surface area contributed by atoms with Crippen molar-refractivity contribution in [2.75, 3.05) is 19.6 Å². The first kappa shape index (κ1) is 15.3. The molecule has 0 atom stereocenters. The second kappa shape index (κ2) is 7.09. The molecule has 0 unspecified atom stereocenters.